The fourth-order valence-electron chi connectivity index (χ4n) is 3.54. The van der Waals surface area contributed by atoms with E-state index < -0.39 is 0 Å². The molecule has 28 heavy (non-hydrogen) atoms. The maximum atomic E-state index is 12.9. The minimum Gasteiger partial charge on any atom is -0.338 e. The van der Waals surface area contributed by atoms with E-state index in [9.17, 15) is 9.59 Å². The Bertz CT molecular complexity index is 992. The van der Waals surface area contributed by atoms with Crippen LogP contribution < -0.4 is 0 Å². The Balaban J connectivity index is 1.42. The van der Waals surface area contributed by atoms with Gasteiger partial charge in [-0.1, -0.05) is 19.1 Å². The van der Waals surface area contributed by atoms with Crippen LogP contribution in [0.4, 0.5) is 0 Å². The van der Waals surface area contributed by atoms with Crippen molar-refractivity contribution in [2.75, 3.05) is 26.2 Å². The zero-order chi connectivity index (χ0) is 19.5. The molecule has 3 heterocycles. The quantitative estimate of drug-likeness (QED) is 0.685. The van der Waals surface area contributed by atoms with Gasteiger partial charge in [-0.15, -0.1) is 0 Å². The number of aryl methyl sites for hydroxylation is 1. The number of carbonyl (C=O) groups is 2. The van der Waals surface area contributed by atoms with Gasteiger partial charge in [0.2, 0.25) is 5.91 Å². The summed E-state index contributed by atoms with van der Waals surface area (Å²) in [5.74, 6) is 0.810. The molecule has 8 nitrogen and oxygen atoms in total. The lowest BCUT2D eigenvalue weighted by Crippen LogP contribution is -2.51. The number of para-hydroxylation sites is 2. The first-order valence-corrected chi connectivity index (χ1v) is 9.44. The van der Waals surface area contributed by atoms with Gasteiger partial charge in [0.25, 0.3) is 5.91 Å². The van der Waals surface area contributed by atoms with Crippen molar-refractivity contribution in [1.29, 1.82) is 0 Å². The molecule has 0 bridgehead atoms. The number of rotatable bonds is 4. The first-order chi connectivity index (χ1) is 13.7. The van der Waals surface area contributed by atoms with Crippen LogP contribution in [0, 0.1) is 0 Å². The Morgan fingerprint density at radius 2 is 1.79 bits per heavy atom. The van der Waals surface area contributed by atoms with E-state index in [0.29, 0.717) is 31.9 Å². The van der Waals surface area contributed by atoms with Crippen molar-refractivity contribution in [3.8, 4) is 0 Å². The number of fused-ring (bicyclic) bond motifs is 1. The Kier molecular flexibility index (Phi) is 5.01. The van der Waals surface area contributed by atoms with E-state index in [1.807, 2.05) is 40.7 Å². The number of amides is 2. The van der Waals surface area contributed by atoms with Crippen LogP contribution in [-0.4, -0.2) is 67.3 Å². The lowest BCUT2D eigenvalue weighted by molar-refractivity contribution is -0.133. The molecule has 1 saturated heterocycles. The van der Waals surface area contributed by atoms with Crippen molar-refractivity contribution < 1.29 is 9.59 Å². The molecule has 0 unspecified atom stereocenters. The van der Waals surface area contributed by atoms with Crippen LogP contribution in [0.1, 0.15) is 23.2 Å². The standard InChI is InChI=1S/C20H22N6O2/c1-2-18-23-15-5-3-4-6-17(15)26(18)14-19(27)24-9-11-25(12-10-24)20(28)16-13-21-7-8-22-16/h3-8,13H,2,9-12,14H2,1H3. The van der Waals surface area contributed by atoms with Crippen LogP contribution in [0.3, 0.4) is 0 Å². The predicted molar refractivity (Wildman–Crippen MR) is 104 cm³/mol. The Labute approximate surface area is 162 Å². The van der Waals surface area contributed by atoms with Crippen LogP contribution in [0.25, 0.3) is 11.0 Å². The number of hydrogen-bond donors (Lipinski definition) is 0. The van der Waals surface area contributed by atoms with Gasteiger partial charge in [0.1, 0.15) is 18.1 Å². The average molecular weight is 378 g/mol. The first-order valence-electron chi connectivity index (χ1n) is 9.44. The van der Waals surface area contributed by atoms with Gasteiger partial charge >= 0.3 is 0 Å². The smallest absolute Gasteiger partial charge is 0.274 e. The minimum atomic E-state index is -0.144. The number of nitrogens with zero attached hydrogens (tertiary/aromatic N) is 6. The fraction of sp³-hybridized carbons (Fsp3) is 0.350. The third-order valence-corrected chi connectivity index (χ3v) is 5.05. The van der Waals surface area contributed by atoms with Gasteiger partial charge < -0.3 is 14.4 Å². The topological polar surface area (TPSA) is 84.2 Å². The third kappa shape index (κ3) is 3.45. The molecule has 144 valence electrons. The molecular formula is C20H22N6O2. The van der Waals surface area contributed by atoms with Gasteiger partial charge in [-0.25, -0.2) is 9.97 Å². The molecule has 0 aliphatic carbocycles. The van der Waals surface area contributed by atoms with E-state index in [1.165, 1.54) is 18.6 Å². The molecule has 3 aromatic rings. The highest BCUT2D eigenvalue weighted by Crippen LogP contribution is 2.17. The van der Waals surface area contributed by atoms with E-state index in [2.05, 4.69) is 15.0 Å². The van der Waals surface area contributed by atoms with Crippen LogP contribution in [-0.2, 0) is 17.8 Å². The summed E-state index contributed by atoms with van der Waals surface area (Å²) < 4.78 is 1.99. The second-order valence-corrected chi connectivity index (χ2v) is 6.72. The summed E-state index contributed by atoms with van der Waals surface area (Å²) in [6.45, 7) is 4.32. The van der Waals surface area contributed by atoms with E-state index in [-0.39, 0.29) is 18.4 Å². The molecule has 2 amide bonds. The van der Waals surface area contributed by atoms with Crippen molar-refractivity contribution in [3.63, 3.8) is 0 Å². The SMILES string of the molecule is CCc1nc2ccccc2n1CC(=O)N1CCN(C(=O)c2cnccn2)CC1. The highest BCUT2D eigenvalue weighted by atomic mass is 16.2. The molecule has 1 aliphatic heterocycles. The number of imidazole rings is 1. The maximum Gasteiger partial charge on any atom is 0.274 e. The van der Waals surface area contributed by atoms with Crippen LogP contribution in [0.5, 0.6) is 0 Å². The van der Waals surface area contributed by atoms with E-state index in [4.69, 9.17) is 0 Å². The van der Waals surface area contributed by atoms with Gasteiger partial charge in [-0.05, 0) is 12.1 Å². The molecule has 1 aromatic carbocycles. The van der Waals surface area contributed by atoms with Crippen molar-refractivity contribution in [1.82, 2.24) is 29.3 Å². The van der Waals surface area contributed by atoms with Gasteiger partial charge in [0.15, 0.2) is 0 Å². The molecular weight excluding hydrogens is 356 g/mol. The summed E-state index contributed by atoms with van der Waals surface area (Å²) >= 11 is 0. The average Bonchev–Trinajstić information content (AvgIpc) is 3.11. The third-order valence-electron chi connectivity index (χ3n) is 5.05. The number of benzene rings is 1. The number of carbonyl (C=O) groups excluding carboxylic acids is 2. The van der Waals surface area contributed by atoms with Crippen molar-refractivity contribution in [3.05, 3.63) is 54.4 Å². The summed E-state index contributed by atoms with van der Waals surface area (Å²) in [4.78, 5) is 41.5. The summed E-state index contributed by atoms with van der Waals surface area (Å²) in [6.07, 6.45) is 5.28. The second-order valence-electron chi connectivity index (χ2n) is 6.72. The summed E-state index contributed by atoms with van der Waals surface area (Å²) in [5.41, 5.74) is 2.22. The van der Waals surface area contributed by atoms with Gasteiger partial charge in [-0.3, -0.25) is 14.6 Å². The molecule has 0 N–H and O–H groups in total. The Hall–Kier alpha value is -3.29. The molecule has 4 rings (SSSR count). The molecule has 2 aromatic heterocycles. The summed E-state index contributed by atoms with van der Waals surface area (Å²) in [6, 6.07) is 7.87. The number of hydrogen-bond acceptors (Lipinski definition) is 5. The molecule has 0 spiro atoms. The van der Waals surface area contributed by atoms with Gasteiger partial charge in [0, 0.05) is 45.0 Å². The van der Waals surface area contributed by atoms with Gasteiger partial charge in [0.05, 0.1) is 17.2 Å². The van der Waals surface area contributed by atoms with Gasteiger partial charge in [-0.2, -0.15) is 0 Å². The molecule has 1 fully saturated rings. The lowest BCUT2D eigenvalue weighted by Gasteiger charge is -2.34. The highest BCUT2D eigenvalue weighted by molar-refractivity contribution is 5.92. The van der Waals surface area contributed by atoms with Crippen molar-refractivity contribution in [2.45, 2.75) is 19.9 Å². The minimum absolute atomic E-state index is 0.0458. The van der Waals surface area contributed by atoms with Crippen molar-refractivity contribution >= 4 is 22.8 Å². The lowest BCUT2D eigenvalue weighted by atomic mass is 10.2. The highest BCUT2D eigenvalue weighted by Gasteiger charge is 2.26. The number of piperazine rings is 1. The molecule has 0 saturated carbocycles. The van der Waals surface area contributed by atoms with Crippen LogP contribution in [0.2, 0.25) is 0 Å². The van der Waals surface area contributed by atoms with Crippen molar-refractivity contribution in [2.24, 2.45) is 0 Å². The predicted octanol–water partition coefficient (Wildman–Crippen LogP) is 1.37. The first kappa shape index (κ1) is 18.1. The zero-order valence-electron chi connectivity index (χ0n) is 15.8. The zero-order valence-corrected chi connectivity index (χ0v) is 15.8. The van der Waals surface area contributed by atoms with E-state index >= 15 is 0 Å². The van der Waals surface area contributed by atoms with Crippen LogP contribution in [0.15, 0.2) is 42.9 Å². The maximum absolute atomic E-state index is 12.9. The van der Waals surface area contributed by atoms with E-state index in [1.54, 1.807) is 4.90 Å². The number of aromatic nitrogens is 4. The fourth-order valence-corrected chi connectivity index (χ4v) is 3.54. The Morgan fingerprint density at radius 1 is 1.04 bits per heavy atom. The molecule has 0 atom stereocenters. The van der Waals surface area contributed by atoms with Crippen LogP contribution >= 0.6 is 0 Å². The second kappa shape index (κ2) is 7.75. The largest absolute Gasteiger partial charge is 0.338 e. The normalized spacial score (nSPS) is 14.5. The molecule has 1 aliphatic rings. The molecule has 8 heteroatoms. The summed E-state index contributed by atoms with van der Waals surface area (Å²) in [5, 5.41) is 0. The monoisotopic (exact) mass is 378 g/mol. The Morgan fingerprint density at radius 3 is 2.50 bits per heavy atom. The molecule has 0 radical (unpaired) electrons. The van der Waals surface area contributed by atoms with E-state index in [0.717, 1.165) is 23.3 Å². The summed E-state index contributed by atoms with van der Waals surface area (Å²) in [7, 11) is 0.